The molecule has 0 fully saturated rings. The van der Waals surface area contributed by atoms with Crippen molar-refractivity contribution in [1.29, 1.82) is 0 Å². The summed E-state index contributed by atoms with van der Waals surface area (Å²) in [5, 5.41) is 6.13. The maximum absolute atomic E-state index is 12.0. The van der Waals surface area contributed by atoms with Crippen LogP contribution >= 0.6 is 24.0 Å². The highest BCUT2D eigenvalue weighted by molar-refractivity contribution is 14.0. The molecule has 0 aliphatic carbocycles. The Kier molecular flexibility index (Phi) is 12.0. The topological polar surface area (TPSA) is 66.0 Å². The van der Waals surface area contributed by atoms with E-state index in [4.69, 9.17) is 4.74 Å². The molecular formula is C17H29IN4O2. The third-order valence-electron chi connectivity index (χ3n) is 3.47. The quantitative estimate of drug-likeness (QED) is 0.278. The van der Waals surface area contributed by atoms with Crippen molar-refractivity contribution < 1.29 is 9.53 Å². The predicted molar refractivity (Wildman–Crippen MR) is 110 cm³/mol. The van der Waals surface area contributed by atoms with Gasteiger partial charge in [-0.25, -0.2) is 0 Å². The monoisotopic (exact) mass is 448 g/mol. The molecule has 0 heterocycles. The molecule has 0 unspecified atom stereocenters. The van der Waals surface area contributed by atoms with Crippen LogP contribution in [0.15, 0.2) is 29.3 Å². The lowest BCUT2D eigenvalue weighted by Gasteiger charge is -2.21. The molecular weight excluding hydrogens is 419 g/mol. The van der Waals surface area contributed by atoms with Gasteiger partial charge >= 0.3 is 0 Å². The Bertz CT molecular complexity index is 506. The van der Waals surface area contributed by atoms with E-state index in [1.807, 2.05) is 7.05 Å². The van der Waals surface area contributed by atoms with E-state index < -0.39 is 0 Å². The number of halogens is 1. The van der Waals surface area contributed by atoms with Gasteiger partial charge in [0.2, 0.25) is 0 Å². The summed E-state index contributed by atoms with van der Waals surface area (Å²) in [5.41, 5.74) is 0.621. The van der Waals surface area contributed by atoms with Gasteiger partial charge < -0.3 is 20.3 Å². The van der Waals surface area contributed by atoms with Gasteiger partial charge in [0, 0.05) is 39.3 Å². The first-order valence-electron chi connectivity index (χ1n) is 7.96. The summed E-state index contributed by atoms with van der Waals surface area (Å²) >= 11 is 0. The minimum Gasteiger partial charge on any atom is -0.497 e. The van der Waals surface area contributed by atoms with Crippen LogP contribution in [0.4, 0.5) is 0 Å². The third kappa shape index (κ3) is 7.85. The van der Waals surface area contributed by atoms with Gasteiger partial charge in [0.05, 0.1) is 7.11 Å². The molecule has 24 heavy (non-hydrogen) atoms. The molecule has 7 heteroatoms. The highest BCUT2D eigenvalue weighted by Crippen LogP contribution is 2.10. The molecule has 2 N–H and O–H groups in total. The average Bonchev–Trinajstić information content (AvgIpc) is 2.59. The number of rotatable bonds is 8. The van der Waals surface area contributed by atoms with E-state index >= 15 is 0 Å². The predicted octanol–water partition coefficient (Wildman–Crippen LogP) is 2.35. The molecule has 0 aliphatic rings. The Morgan fingerprint density at radius 2 is 1.83 bits per heavy atom. The summed E-state index contributed by atoms with van der Waals surface area (Å²) in [5.74, 6) is 1.49. The lowest BCUT2D eigenvalue weighted by molar-refractivity contribution is 0.0954. The third-order valence-corrected chi connectivity index (χ3v) is 3.47. The second-order valence-corrected chi connectivity index (χ2v) is 5.23. The molecule has 6 nitrogen and oxygen atoms in total. The van der Waals surface area contributed by atoms with Crippen LogP contribution in [-0.4, -0.2) is 57.6 Å². The molecule has 1 aromatic carbocycles. The number of guanidine groups is 1. The fraction of sp³-hybridized carbons (Fsp3) is 0.529. The van der Waals surface area contributed by atoms with E-state index in [0.717, 1.165) is 31.1 Å². The van der Waals surface area contributed by atoms with Crippen LogP contribution in [0.2, 0.25) is 0 Å². The molecule has 0 bridgehead atoms. The van der Waals surface area contributed by atoms with E-state index in [1.54, 1.807) is 38.4 Å². The lowest BCUT2D eigenvalue weighted by atomic mass is 10.2. The minimum absolute atomic E-state index is 0. The van der Waals surface area contributed by atoms with E-state index in [-0.39, 0.29) is 29.9 Å². The smallest absolute Gasteiger partial charge is 0.251 e. The normalized spacial score (nSPS) is 10.6. The molecule has 0 atom stereocenters. The van der Waals surface area contributed by atoms with Crippen molar-refractivity contribution in [3.63, 3.8) is 0 Å². The first-order chi connectivity index (χ1) is 11.1. The van der Waals surface area contributed by atoms with Gasteiger partial charge in [-0.15, -0.1) is 24.0 Å². The van der Waals surface area contributed by atoms with Crippen LogP contribution in [0.3, 0.4) is 0 Å². The van der Waals surface area contributed by atoms with Crippen LogP contribution in [0.25, 0.3) is 0 Å². The molecule has 1 aromatic rings. The van der Waals surface area contributed by atoms with Gasteiger partial charge in [0.25, 0.3) is 5.91 Å². The Morgan fingerprint density at radius 3 is 2.38 bits per heavy atom. The number of hydrogen-bond acceptors (Lipinski definition) is 3. The van der Waals surface area contributed by atoms with Crippen LogP contribution in [0.1, 0.15) is 30.1 Å². The summed E-state index contributed by atoms with van der Waals surface area (Å²) in [6, 6.07) is 7.05. The number of unbranched alkanes of at least 4 members (excludes halogenated alkanes) is 1. The number of ether oxygens (including phenoxy) is 1. The number of aliphatic imine (C=N–C) groups is 1. The maximum atomic E-state index is 12.0. The number of nitrogens with zero attached hydrogens (tertiary/aromatic N) is 2. The zero-order valence-corrected chi connectivity index (χ0v) is 17.3. The number of hydrogen-bond donors (Lipinski definition) is 2. The van der Waals surface area contributed by atoms with E-state index in [1.165, 1.54) is 0 Å². The SMILES string of the molecule is CCCCN(C)C(=NC)NCCNC(=O)c1ccc(OC)cc1.I. The molecule has 0 saturated heterocycles. The minimum atomic E-state index is -0.0937. The summed E-state index contributed by atoms with van der Waals surface area (Å²) in [7, 11) is 5.38. The summed E-state index contributed by atoms with van der Waals surface area (Å²) in [6.07, 6.45) is 2.28. The van der Waals surface area contributed by atoms with Crippen molar-refractivity contribution >= 4 is 35.8 Å². The first-order valence-corrected chi connectivity index (χ1v) is 7.96. The van der Waals surface area contributed by atoms with Crippen LogP contribution in [-0.2, 0) is 0 Å². The zero-order valence-electron chi connectivity index (χ0n) is 15.0. The van der Waals surface area contributed by atoms with Crippen molar-refractivity contribution in [2.75, 3.05) is 40.8 Å². The van der Waals surface area contributed by atoms with E-state index in [9.17, 15) is 4.79 Å². The van der Waals surface area contributed by atoms with Crippen molar-refractivity contribution in [2.45, 2.75) is 19.8 Å². The average molecular weight is 448 g/mol. The highest BCUT2D eigenvalue weighted by Gasteiger charge is 2.06. The Labute approximate surface area is 162 Å². The molecule has 1 rings (SSSR count). The Hall–Kier alpha value is -1.51. The summed E-state index contributed by atoms with van der Waals surface area (Å²) in [6.45, 7) is 4.30. The van der Waals surface area contributed by atoms with E-state index in [0.29, 0.717) is 18.7 Å². The molecule has 0 saturated carbocycles. The van der Waals surface area contributed by atoms with Crippen LogP contribution in [0.5, 0.6) is 5.75 Å². The highest BCUT2D eigenvalue weighted by atomic mass is 127. The van der Waals surface area contributed by atoms with Crippen molar-refractivity contribution in [3.8, 4) is 5.75 Å². The zero-order chi connectivity index (χ0) is 17.1. The van der Waals surface area contributed by atoms with Gasteiger partial charge in [0.1, 0.15) is 5.75 Å². The fourth-order valence-corrected chi connectivity index (χ4v) is 2.08. The van der Waals surface area contributed by atoms with Gasteiger partial charge in [-0.2, -0.15) is 0 Å². The largest absolute Gasteiger partial charge is 0.497 e. The Morgan fingerprint density at radius 1 is 1.21 bits per heavy atom. The standard InChI is InChI=1S/C17H28N4O2.HI/c1-5-6-13-21(3)17(18-2)20-12-11-19-16(22)14-7-9-15(23-4)10-8-14;/h7-10H,5-6,11-13H2,1-4H3,(H,18,20)(H,19,22);1H. The molecule has 0 spiro atoms. The molecule has 0 aliphatic heterocycles. The second-order valence-electron chi connectivity index (χ2n) is 5.23. The number of amides is 1. The second kappa shape index (κ2) is 12.9. The fourth-order valence-electron chi connectivity index (χ4n) is 2.08. The Balaban J connectivity index is 0.00000529. The molecule has 136 valence electrons. The van der Waals surface area contributed by atoms with Crippen molar-refractivity contribution in [1.82, 2.24) is 15.5 Å². The number of methoxy groups -OCH3 is 1. The first kappa shape index (κ1) is 22.5. The summed E-state index contributed by atoms with van der Waals surface area (Å²) < 4.78 is 5.08. The van der Waals surface area contributed by atoms with Crippen molar-refractivity contribution in [2.24, 2.45) is 4.99 Å². The molecule has 0 radical (unpaired) electrons. The van der Waals surface area contributed by atoms with Gasteiger partial charge in [-0.3, -0.25) is 9.79 Å². The maximum Gasteiger partial charge on any atom is 0.251 e. The van der Waals surface area contributed by atoms with E-state index in [2.05, 4.69) is 27.4 Å². The van der Waals surface area contributed by atoms with Gasteiger partial charge in [-0.1, -0.05) is 13.3 Å². The number of carbonyl (C=O) groups excluding carboxylic acids is 1. The summed E-state index contributed by atoms with van der Waals surface area (Å²) in [4.78, 5) is 18.3. The van der Waals surface area contributed by atoms with Gasteiger partial charge in [-0.05, 0) is 30.7 Å². The van der Waals surface area contributed by atoms with Crippen LogP contribution < -0.4 is 15.4 Å². The molecule has 1 amide bonds. The van der Waals surface area contributed by atoms with Gasteiger partial charge in [0.15, 0.2) is 5.96 Å². The lowest BCUT2D eigenvalue weighted by Crippen LogP contribution is -2.42. The molecule has 0 aromatic heterocycles. The number of nitrogens with one attached hydrogen (secondary N) is 2. The van der Waals surface area contributed by atoms with Crippen molar-refractivity contribution in [3.05, 3.63) is 29.8 Å². The van der Waals surface area contributed by atoms with Crippen LogP contribution in [0, 0.1) is 0 Å². The number of carbonyl (C=O) groups is 1. The number of benzene rings is 1.